The van der Waals surface area contributed by atoms with E-state index in [1.165, 1.54) is 19.3 Å². The lowest BCUT2D eigenvalue weighted by molar-refractivity contribution is -0.117. The summed E-state index contributed by atoms with van der Waals surface area (Å²) in [5.41, 5.74) is 4.33. The fraction of sp³-hybridized carbons (Fsp3) is 0.467. The number of carbonyl (C=O) groups excluding carboxylic acids is 1. The predicted octanol–water partition coefficient (Wildman–Crippen LogP) is 6.02. The van der Waals surface area contributed by atoms with Crippen molar-refractivity contribution >= 4 is 17.5 Å². The summed E-state index contributed by atoms with van der Waals surface area (Å²) in [6.45, 7) is 5.99. The molecule has 0 radical (unpaired) electrons. The Morgan fingerprint density at radius 3 is 2.68 bits per heavy atom. The monoisotopic (exact) mass is 514 g/mol. The third-order valence-corrected chi connectivity index (χ3v) is 7.75. The van der Waals surface area contributed by atoms with Crippen molar-refractivity contribution in [2.75, 3.05) is 23.7 Å². The van der Waals surface area contributed by atoms with Crippen molar-refractivity contribution in [2.45, 2.75) is 71.3 Å². The number of nitrogens with one attached hydrogen (secondary N) is 3. The van der Waals surface area contributed by atoms with E-state index in [-0.39, 0.29) is 5.91 Å². The second kappa shape index (κ2) is 12.3. The van der Waals surface area contributed by atoms with Crippen molar-refractivity contribution in [3.05, 3.63) is 53.9 Å². The van der Waals surface area contributed by atoms with Crippen molar-refractivity contribution in [3.8, 4) is 22.9 Å². The Balaban J connectivity index is 1.30. The highest BCUT2D eigenvalue weighted by atomic mass is 16.5. The lowest BCUT2D eigenvalue weighted by Crippen LogP contribution is -2.38. The highest BCUT2D eigenvalue weighted by Gasteiger charge is 2.19. The highest BCUT2D eigenvalue weighted by molar-refractivity contribution is 5.92. The van der Waals surface area contributed by atoms with Gasteiger partial charge in [0.1, 0.15) is 5.75 Å². The van der Waals surface area contributed by atoms with Gasteiger partial charge >= 0.3 is 0 Å². The summed E-state index contributed by atoms with van der Waals surface area (Å²) < 4.78 is 6.33. The number of pyridine rings is 1. The van der Waals surface area contributed by atoms with Gasteiger partial charge in [-0.1, -0.05) is 19.3 Å². The Morgan fingerprint density at radius 2 is 1.87 bits per heavy atom. The van der Waals surface area contributed by atoms with Gasteiger partial charge in [-0.3, -0.25) is 4.79 Å². The van der Waals surface area contributed by atoms with E-state index in [1.807, 2.05) is 44.2 Å². The van der Waals surface area contributed by atoms with Crippen LogP contribution in [0.3, 0.4) is 0 Å². The van der Waals surface area contributed by atoms with Gasteiger partial charge in [0.05, 0.1) is 11.3 Å². The maximum Gasteiger partial charge on any atom is 0.228 e. The number of ether oxygens (including phenoxy) is 1. The molecule has 2 aromatic heterocycles. The number of hydrogen-bond donors (Lipinski definition) is 3. The number of anilines is 2. The summed E-state index contributed by atoms with van der Waals surface area (Å²) in [5.74, 6) is 2.39. The van der Waals surface area contributed by atoms with Gasteiger partial charge in [-0.2, -0.15) is 0 Å². The van der Waals surface area contributed by atoms with E-state index < -0.39 is 0 Å². The fourth-order valence-electron chi connectivity index (χ4n) is 5.40. The molecule has 1 aliphatic carbocycles. The minimum absolute atomic E-state index is 0.0947. The van der Waals surface area contributed by atoms with Crippen LogP contribution < -0.4 is 20.7 Å². The number of piperidine rings is 1. The molecule has 5 rings (SSSR count). The van der Waals surface area contributed by atoms with Crippen LogP contribution in [0.2, 0.25) is 0 Å². The normalized spacial score (nSPS) is 18.1. The van der Waals surface area contributed by atoms with E-state index in [4.69, 9.17) is 9.72 Å². The molecule has 3 aromatic rings. The first-order valence-electron chi connectivity index (χ1n) is 13.9. The molecule has 1 aromatic carbocycles. The SMILES string of the molecule is Cc1c(NC(=O)CC2CCCCC2)ccc(Oc2ncccc2-c2ccnc(N[C@H]3CCCNC3)n2)c1C. The van der Waals surface area contributed by atoms with Gasteiger partial charge in [-0.05, 0) is 93.5 Å². The molecule has 3 N–H and O–H groups in total. The molecule has 2 fully saturated rings. The molecule has 1 saturated heterocycles. The first-order valence-corrected chi connectivity index (χ1v) is 13.9. The van der Waals surface area contributed by atoms with E-state index in [2.05, 4.69) is 25.9 Å². The maximum absolute atomic E-state index is 12.7. The molecular formula is C30H38N6O2. The standard InChI is InChI=1S/C30H38N6O2/c1-20-21(2)27(13-12-25(20)35-28(37)18-22-8-4-3-5-9-22)38-29-24(11-7-16-32-29)26-14-17-33-30(36-26)34-23-10-6-15-31-19-23/h7,11-14,16-17,22-23,31H,3-6,8-10,15,18-19H2,1-2H3,(H,35,37)(H,33,34,36)/t23-/m0/s1. The Bertz CT molecular complexity index is 1250. The van der Waals surface area contributed by atoms with Crippen LogP contribution in [0.5, 0.6) is 11.6 Å². The summed E-state index contributed by atoms with van der Waals surface area (Å²) in [6, 6.07) is 9.85. The minimum atomic E-state index is 0.0947. The van der Waals surface area contributed by atoms with Crippen LogP contribution in [0.25, 0.3) is 11.3 Å². The number of hydrogen-bond acceptors (Lipinski definition) is 7. The first kappa shape index (κ1) is 26.1. The Morgan fingerprint density at radius 1 is 1.00 bits per heavy atom. The Kier molecular flexibility index (Phi) is 8.48. The molecular weight excluding hydrogens is 476 g/mol. The van der Waals surface area contributed by atoms with E-state index in [0.29, 0.717) is 36.0 Å². The molecule has 8 nitrogen and oxygen atoms in total. The smallest absolute Gasteiger partial charge is 0.228 e. The topological polar surface area (TPSA) is 101 Å². The first-order chi connectivity index (χ1) is 18.6. The molecule has 1 saturated carbocycles. The molecule has 1 aliphatic heterocycles. The third kappa shape index (κ3) is 6.48. The van der Waals surface area contributed by atoms with Crippen LogP contribution >= 0.6 is 0 Å². The van der Waals surface area contributed by atoms with E-state index in [0.717, 1.165) is 66.8 Å². The van der Waals surface area contributed by atoms with Crippen molar-refractivity contribution in [1.29, 1.82) is 0 Å². The lowest BCUT2D eigenvalue weighted by Gasteiger charge is -2.23. The largest absolute Gasteiger partial charge is 0.438 e. The Hall–Kier alpha value is -3.52. The lowest BCUT2D eigenvalue weighted by atomic mass is 9.87. The van der Waals surface area contributed by atoms with Crippen molar-refractivity contribution in [3.63, 3.8) is 0 Å². The average molecular weight is 515 g/mol. The second-order valence-corrected chi connectivity index (χ2v) is 10.5. The van der Waals surface area contributed by atoms with Crippen molar-refractivity contribution in [1.82, 2.24) is 20.3 Å². The van der Waals surface area contributed by atoms with E-state index in [1.54, 1.807) is 12.4 Å². The van der Waals surface area contributed by atoms with Gasteiger partial charge in [0, 0.05) is 37.1 Å². The summed E-state index contributed by atoms with van der Waals surface area (Å²) in [5, 5.41) is 9.98. The quantitative estimate of drug-likeness (QED) is 0.338. The van der Waals surface area contributed by atoms with Crippen molar-refractivity contribution < 1.29 is 9.53 Å². The van der Waals surface area contributed by atoms with Crippen molar-refractivity contribution in [2.24, 2.45) is 5.92 Å². The predicted molar refractivity (Wildman–Crippen MR) is 151 cm³/mol. The van der Waals surface area contributed by atoms with Gasteiger partial charge in [-0.15, -0.1) is 0 Å². The number of amides is 1. The second-order valence-electron chi connectivity index (χ2n) is 10.5. The highest BCUT2D eigenvalue weighted by Crippen LogP contribution is 2.35. The molecule has 38 heavy (non-hydrogen) atoms. The van der Waals surface area contributed by atoms with Crippen LogP contribution in [0, 0.1) is 19.8 Å². The summed E-state index contributed by atoms with van der Waals surface area (Å²) in [6.07, 6.45) is 12.4. The van der Waals surface area contributed by atoms with E-state index in [9.17, 15) is 4.79 Å². The van der Waals surface area contributed by atoms with Crippen LogP contribution in [0.1, 0.15) is 62.5 Å². The van der Waals surface area contributed by atoms with Gasteiger partial charge < -0.3 is 20.7 Å². The molecule has 1 atom stereocenters. The maximum atomic E-state index is 12.7. The molecule has 200 valence electrons. The molecule has 3 heterocycles. The van der Waals surface area contributed by atoms with Crippen LogP contribution in [0.4, 0.5) is 11.6 Å². The zero-order valence-corrected chi connectivity index (χ0v) is 22.4. The van der Waals surface area contributed by atoms with Crippen LogP contribution in [0.15, 0.2) is 42.7 Å². The molecule has 0 unspecified atom stereocenters. The van der Waals surface area contributed by atoms with Crippen LogP contribution in [-0.4, -0.2) is 40.0 Å². The molecule has 2 aliphatic rings. The number of benzene rings is 1. The summed E-state index contributed by atoms with van der Waals surface area (Å²) in [7, 11) is 0. The van der Waals surface area contributed by atoms with E-state index >= 15 is 0 Å². The third-order valence-electron chi connectivity index (χ3n) is 7.75. The average Bonchev–Trinajstić information content (AvgIpc) is 2.94. The van der Waals surface area contributed by atoms with Crippen LogP contribution in [-0.2, 0) is 4.79 Å². The summed E-state index contributed by atoms with van der Waals surface area (Å²) >= 11 is 0. The molecule has 0 spiro atoms. The minimum Gasteiger partial charge on any atom is -0.438 e. The number of rotatable bonds is 8. The Labute approximate surface area is 225 Å². The molecule has 8 heteroatoms. The fourth-order valence-corrected chi connectivity index (χ4v) is 5.40. The van der Waals surface area contributed by atoms with Gasteiger partial charge in [0.15, 0.2) is 0 Å². The summed E-state index contributed by atoms with van der Waals surface area (Å²) in [4.78, 5) is 26.4. The number of aromatic nitrogens is 3. The zero-order valence-electron chi connectivity index (χ0n) is 22.4. The van der Waals surface area contributed by atoms with Gasteiger partial charge in [-0.25, -0.2) is 15.0 Å². The van der Waals surface area contributed by atoms with Gasteiger partial charge in [0.2, 0.25) is 17.7 Å². The van der Waals surface area contributed by atoms with Gasteiger partial charge in [0.25, 0.3) is 0 Å². The number of nitrogens with zero attached hydrogens (tertiary/aromatic N) is 3. The molecule has 1 amide bonds. The zero-order chi connectivity index (χ0) is 26.3. The molecule has 0 bridgehead atoms. The number of carbonyl (C=O) groups is 1.